The molecule has 1 heterocycles. The Kier molecular flexibility index (Phi) is 11.9. The molecular formula is C20H31NO7. The standard InChI is InChI=1S/C18H29NO3.C2H2O4/c1-3-16(2)17-6-4-5-7-18(17)22-15-14-21-13-10-19-8-11-20-12-9-19;3-1(4)2(5)6/h4-7,16H,3,8-15H2,1-2H3;(H,3,4)(H,5,6). The van der Waals surface area contributed by atoms with E-state index in [-0.39, 0.29) is 0 Å². The number of carboxylic acid groups (broad SMARTS) is 2. The highest BCUT2D eigenvalue weighted by molar-refractivity contribution is 6.27. The minimum absolute atomic E-state index is 0.526. The fourth-order valence-corrected chi connectivity index (χ4v) is 2.57. The van der Waals surface area contributed by atoms with Gasteiger partial charge in [0.1, 0.15) is 12.4 Å². The van der Waals surface area contributed by atoms with E-state index in [1.54, 1.807) is 0 Å². The van der Waals surface area contributed by atoms with Gasteiger partial charge in [0.2, 0.25) is 0 Å². The number of carboxylic acids is 2. The third-order valence-corrected chi connectivity index (χ3v) is 4.39. The zero-order valence-electron chi connectivity index (χ0n) is 16.6. The molecule has 2 rings (SSSR count). The van der Waals surface area contributed by atoms with E-state index in [0.717, 1.165) is 51.6 Å². The minimum Gasteiger partial charge on any atom is -0.491 e. The Hall–Kier alpha value is -2.16. The van der Waals surface area contributed by atoms with Crippen LogP contribution in [0.5, 0.6) is 5.75 Å². The summed E-state index contributed by atoms with van der Waals surface area (Å²) in [4.78, 5) is 20.6. The van der Waals surface area contributed by atoms with E-state index < -0.39 is 11.9 Å². The first-order valence-corrected chi connectivity index (χ1v) is 9.51. The molecule has 1 aliphatic heterocycles. The van der Waals surface area contributed by atoms with Crippen molar-refractivity contribution >= 4 is 11.9 Å². The molecule has 158 valence electrons. The maximum Gasteiger partial charge on any atom is 0.414 e. The van der Waals surface area contributed by atoms with Gasteiger partial charge in [0, 0.05) is 19.6 Å². The fourth-order valence-electron chi connectivity index (χ4n) is 2.57. The number of nitrogens with zero attached hydrogens (tertiary/aromatic N) is 1. The van der Waals surface area contributed by atoms with Gasteiger partial charge >= 0.3 is 11.9 Å². The number of aliphatic carboxylic acids is 2. The Bertz CT molecular complexity index is 576. The van der Waals surface area contributed by atoms with E-state index in [1.807, 2.05) is 6.07 Å². The number of rotatable bonds is 9. The van der Waals surface area contributed by atoms with Gasteiger partial charge in [-0.05, 0) is 24.0 Å². The topological polar surface area (TPSA) is 106 Å². The highest BCUT2D eigenvalue weighted by Crippen LogP contribution is 2.28. The number of hydrogen-bond acceptors (Lipinski definition) is 6. The first-order valence-electron chi connectivity index (χ1n) is 9.51. The van der Waals surface area contributed by atoms with E-state index in [2.05, 4.69) is 36.9 Å². The van der Waals surface area contributed by atoms with Gasteiger partial charge in [-0.15, -0.1) is 0 Å². The van der Waals surface area contributed by atoms with Crippen LogP contribution in [0.25, 0.3) is 0 Å². The monoisotopic (exact) mass is 397 g/mol. The Morgan fingerprint density at radius 3 is 2.36 bits per heavy atom. The molecule has 2 N–H and O–H groups in total. The summed E-state index contributed by atoms with van der Waals surface area (Å²) in [6.07, 6.45) is 1.12. The number of morpholine rings is 1. The van der Waals surface area contributed by atoms with Crippen LogP contribution in [0.3, 0.4) is 0 Å². The van der Waals surface area contributed by atoms with Crippen molar-refractivity contribution in [2.24, 2.45) is 0 Å². The van der Waals surface area contributed by atoms with Crippen LogP contribution < -0.4 is 4.74 Å². The number of ether oxygens (including phenoxy) is 3. The second-order valence-corrected chi connectivity index (χ2v) is 6.37. The summed E-state index contributed by atoms with van der Waals surface area (Å²) in [6, 6.07) is 8.31. The van der Waals surface area contributed by atoms with Crippen LogP contribution in [-0.2, 0) is 19.1 Å². The predicted molar refractivity (Wildman–Crippen MR) is 104 cm³/mol. The molecule has 0 amide bonds. The molecule has 1 aromatic carbocycles. The number of benzene rings is 1. The van der Waals surface area contributed by atoms with Gasteiger partial charge in [0.15, 0.2) is 0 Å². The molecule has 0 bridgehead atoms. The van der Waals surface area contributed by atoms with Gasteiger partial charge in [-0.3, -0.25) is 4.90 Å². The highest BCUT2D eigenvalue weighted by atomic mass is 16.5. The van der Waals surface area contributed by atoms with E-state index in [1.165, 1.54) is 5.56 Å². The second-order valence-electron chi connectivity index (χ2n) is 6.37. The third-order valence-electron chi connectivity index (χ3n) is 4.39. The first kappa shape index (κ1) is 23.9. The number of para-hydroxylation sites is 1. The Balaban J connectivity index is 0.000000568. The summed E-state index contributed by atoms with van der Waals surface area (Å²) in [7, 11) is 0. The zero-order valence-corrected chi connectivity index (χ0v) is 16.6. The van der Waals surface area contributed by atoms with E-state index in [0.29, 0.717) is 19.1 Å². The van der Waals surface area contributed by atoms with Crippen LogP contribution in [0, 0.1) is 0 Å². The maximum absolute atomic E-state index is 9.10. The molecule has 0 spiro atoms. The van der Waals surface area contributed by atoms with Crippen molar-refractivity contribution in [1.29, 1.82) is 0 Å². The smallest absolute Gasteiger partial charge is 0.414 e. The molecule has 1 saturated heterocycles. The van der Waals surface area contributed by atoms with Gasteiger partial charge in [-0.1, -0.05) is 32.0 Å². The molecule has 0 radical (unpaired) electrons. The van der Waals surface area contributed by atoms with E-state index >= 15 is 0 Å². The van der Waals surface area contributed by atoms with Crippen LogP contribution >= 0.6 is 0 Å². The number of carbonyl (C=O) groups is 2. The molecule has 8 heteroatoms. The lowest BCUT2D eigenvalue weighted by atomic mass is 9.98. The van der Waals surface area contributed by atoms with Gasteiger partial charge in [0.25, 0.3) is 0 Å². The molecule has 0 saturated carbocycles. The van der Waals surface area contributed by atoms with Crippen molar-refractivity contribution in [2.45, 2.75) is 26.2 Å². The molecule has 0 aromatic heterocycles. The summed E-state index contributed by atoms with van der Waals surface area (Å²) in [5.74, 6) is -2.13. The lowest BCUT2D eigenvalue weighted by Crippen LogP contribution is -2.38. The maximum atomic E-state index is 9.10. The molecule has 1 aliphatic rings. The van der Waals surface area contributed by atoms with Crippen LogP contribution in [-0.4, -0.2) is 79.7 Å². The molecule has 0 aliphatic carbocycles. The van der Waals surface area contributed by atoms with Crippen molar-refractivity contribution < 1.29 is 34.0 Å². The van der Waals surface area contributed by atoms with Crippen molar-refractivity contribution in [3.63, 3.8) is 0 Å². The van der Waals surface area contributed by atoms with Gasteiger partial charge in [-0.2, -0.15) is 0 Å². The third kappa shape index (κ3) is 9.68. The molecule has 28 heavy (non-hydrogen) atoms. The molecule has 1 atom stereocenters. The summed E-state index contributed by atoms with van der Waals surface area (Å²) in [6.45, 7) is 11.1. The predicted octanol–water partition coefficient (Wildman–Crippen LogP) is 2.08. The summed E-state index contributed by atoms with van der Waals surface area (Å²) in [5, 5.41) is 14.8. The Morgan fingerprint density at radius 1 is 1.11 bits per heavy atom. The number of hydrogen-bond donors (Lipinski definition) is 2. The normalized spacial score (nSPS) is 15.2. The van der Waals surface area contributed by atoms with Crippen LogP contribution in [0.15, 0.2) is 24.3 Å². The second kappa shape index (κ2) is 13.9. The van der Waals surface area contributed by atoms with Crippen molar-refractivity contribution in [3.8, 4) is 5.75 Å². The molecule has 1 aromatic rings. The highest BCUT2D eigenvalue weighted by Gasteiger charge is 2.10. The summed E-state index contributed by atoms with van der Waals surface area (Å²) < 4.78 is 16.9. The average molecular weight is 397 g/mol. The molecular weight excluding hydrogens is 366 g/mol. The fraction of sp³-hybridized carbons (Fsp3) is 0.600. The first-order chi connectivity index (χ1) is 13.5. The quantitative estimate of drug-likeness (QED) is 0.482. The summed E-state index contributed by atoms with van der Waals surface area (Å²) >= 11 is 0. The minimum atomic E-state index is -1.82. The van der Waals surface area contributed by atoms with Gasteiger partial charge < -0.3 is 24.4 Å². The van der Waals surface area contributed by atoms with E-state index in [9.17, 15) is 0 Å². The SMILES string of the molecule is CCC(C)c1ccccc1OCCOCCN1CCOCC1.O=C(O)C(=O)O. The molecule has 8 nitrogen and oxygen atoms in total. The van der Waals surface area contributed by atoms with Crippen LogP contribution in [0.2, 0.25) is 0 Å². The lowest BCUT2D eigenvalue weighted by Gasteiger charge is -2.26. The summed E-state index contributed by atoms with van der Waals surface area (Å²) in [5.41, 5.74) is 1.29. The average Bonchev–Trinajstić information content (AvgIpc) is 2.71. The van der Waals surface area contributed by atoms with Crippen LogP contribution in [0.1, 0.15) is 31.7 Å². The molecule has 1 unspecified atom stereocenters. The van der Waals surface area contributed by atoms with Crippen molar-refractivity contribution in [2.75, 3.05) is 52.7 Å². The Labute approximate surface area is 166 Å². The Morgan fingerprint density at radius 2 is 1.75 bits per heavy atom. The lowest BCUT2D eigenvalue weighted by molar-refractivity contribution is -0.159. The van der Waals surface area contributed by atoms with E-state index in [4.69, 9.17) is 34.0 Å². The van der Waals surface area contributed by atoms with Crippen molar-refractivity contribution in [1.82, 2.24) is 4.90 Å². The largest absolute Gasteiger partial charge is 0.491 e. The van der Waals surface area contributed by atoms with Gasteiger partial charge in [0.05, 0.1) is 26.4 Å². The van der Waals surface area contributed by atoms with Crippen LogP contribution in [0.4, 0.5) is 0 Å². The van der Waals surface area contributed by atoms with Gasteiger partial charge in [-0.25, -0.2) is 9.59 Å². The molecule has 1 fully saturated rings. The van der Waals surface area contributed by atoms with Crippen molar-refractivity contribution in [3.05, 3.63) is 29.8 Å². The zero-order chi connectivity index (χ0) is 20.8.